The predicted octanol–water partition coefficient (Wildman–Crippen LogP) is -0.504. The Morgan fingerprint density at radius 3 is 2.00 bits per heavy atom. The van der Waals surface area contributed by atoms with Crippen LogP contribution in [-0.2, 0) is 47.7 Å². The number of amides is 1. The molecule has 0 saturated carbocycles. The van der Waals surface area contributed by atoms with Gasteiger partial charge in [0.2, 0.25) is 12.2 Å². The molecule has 0 aromatic carbocycles. The molecule has 0 unspecified atom stereocenters. The molecular weight excluding hydrogens is 408 g/mol. The quantitative estimate of drug-likeness (QED) is 0.172. The largest absolute Gasteiger partial charge is 0.463 e. The summed E-state index contributed by atoms with van der Waals surface area (Å²) in [6.07, 6.45) is -5.42. The van der Waals surface area contributed by atoms with Gasteiger partial charge in [0, 0.05) is 32.6 Å². The molecule has 5 atom stereocenters. The number of carbonyl (C=O) groups is 5. The summed E-state index contributed by atoms with van der Waals surface area (Å²) >= 11 is 0. The smallest absolute Gasteiger partial charge is 0.305 e. The molecule has 0 aromatic heterocycles. The number of azide groups is 1. The minimum Gasteiger partial charge on any atom is -0.463 e. The van der Waals surface area contributed by atoms with Gasteiger partial charge in [-0.15, -0.1) is 0 Å². The number of nitrogens with zero attached hydrogens (tertiary/aromatic N) is 3. The standard InChI is InChI=1S/C16H22N4O10/c1-7(21)26-6-11-14(27-8(2)22)15(28-9(3)23)13(16(30-11)29-10(4)24)19-12(25)5-18-20-17/h11,13-16H,5-6H2,1-4H3,(H,19,25)/t11-,13+,14-,15+,16+/m0/s1. The number of esters is 4. The Kier molecular flexibility index (Phi) is 9.52. The van der Waals surface area contributed by atoms with Crippen LogP contribution < -0.4 is 5.32 Å². The fourth-order valence-corrected chi connectivity index (χ4v) is 2.65. The molecule has 0 aromatic rings. The molecule has 0 bridgehead atoms. The molecule has 14 nitrogen and oxygen atoms in total. The van der Waals surface area contributed by atoms with E-state index in [1.807, 2.05) is 0 Å². The predicted molar refractivity (Wildman–Crippen MR) is 94.1 cm³/mol. The zero-order valence-electron chi connectivity index (χ0n) is 16.7. The van der Waals surface area contributed by atoms with E-state index in [1.54, 1.807) is 0 Å². The van der Waals surface area contributed by atoms with Gasteiger partial charge in [-0.25, -0.2) is 0 Å². The van der Waals surface area contributed by atoms with Crippen LogP contribution in [0.3, 0.4) is 0 Å². The monoisotopic (exact) mass is 430 g/mol. The first kappa shape index (κ1) is 24.7. The van der Waals surface area contributed by atoms with Gasteiger partial charge < -0.3 is 29.0 Å². The van der Waals surface area contributed by atoms with Crippen LogP contribution in [-0.4, -0.2) is 73.6 Å². The fraction of sp³-hybridized carbons (Fsp3) is 0.688. The van der Waals surface area contributed by atoms with Crippen molar-refractivity contribution in [1.82, 2.24) is 5.32 Å². The van der Waals surface area contributed by atoms with E-state index in [9.17, 15) is 24.0 Å². The van der Waals surface area contributed by atoms with Gasteiger partial charge in [-0.3, -0.25) is 24.0 Å². The molecule has 30 heavy (non-hydrogen) atoms. The number of ether oxygens (including phenoxy) is 5. The van der Waals surface area contributed by atoms with E-state index in [2.05, 4.69) is 15.3 Å². The van der Waals surface area contributed by atoms with Crippen LogP contribution in [0.4, 0.5) is 0 Å². The van der Waals surface area contributed by atoms with Gasteiger partial charge in [0.1, 0.15) is 25.3 Å². The highest BCUT2D eigenvalue weighted by molar-refractivity contribution is 5.79. The van der Waals surface area contributed by atoms with Crippen LogP contribution in [0.15, 0.2) is 5.11 Å². The Morgan fingerprint density at radius 1 is 0.933 bits per heavy atom. The van der Waals surface area contributed by atoms with Crippen molar-refractivity contribution in [2.75, 3.05) is 13.2 Å². The first-order chi connectivity index (χ1) is 14.0. The SMILES string of the molecule is CC(=O)OC[C@@H]1O[C@@H](OC(C)=O)[C@H](NC(=O)CN=[N+]=[N-])[C@@H](OC(C)=O)[C@H]1OC(C)=O. The third-order valence-corrected chi connectivity index (χ3v) is 3.59. The zero-order chi connectivity index (χ0) is 22.8. The molecule has 1 rings (SSSR count). The van der Waals surface area contributed by atoms with Gasteiger partial charge in [0.25, 0.3) is 0 Å². The van der Waals surface area contributed by atoms with Gasteiger partial charge in [0.15, 0.2) is 12.2 Å². The van der Waals surface area contributed by atoms with Crippen LogP contribution >= 0.6 is 0 Å². The minimum absolute atomic E-state index is 0.428. The van der Waals surface area contributed by atoms with Crippen LogP contribution in [0, 0.1) is 0 Å². The van der Waals surface area contributed by atoms with Crippen molar-refractivity contribution in [3.05, 3.63) is 10.4 Å². The summed E-state index contributed by atoms with van der Waals surface area (Å²) in [7, 11) is 0. The maximum absolute atomic E-state index is 12.1. The summed E-state index contributed by atoms with van der Waals surface area (Å²) in [5.74, 6) is -3.86. The average Bonchev–Trinajstić information content (AvgIpc) is 2.62. The third-order valence-electron chi connectivity index (χ3n) is 3.59. The lowest BCUT2D eigenvalue weighted by Crippen LogP contribution is -2.67. The highest BCUT2D eigenvalue weighted by atomic mass is 16.7. The van der Waals surface area contributed by atoms with E-state index >= 15 is 0 Å². The maximum atomic E-state index is 12.1. The topological polar surface area (TPSA) is 192 Å². The lowest BCUT2D eigenvalue weighted by atomic mass is 9.96. The van der Waals surface area contributed by atoms with Crippen LogP contribution in [0.1, 0.15) is 27.7 Å². The molecule has 0 spiro atoms. The van der Waals surface area contributed by atoms with Crippen molar-refractivity contribution in [1.29, 1.82) is 0 Å². The normalized spacial score (nSPS) is 25.1. The lowest BCUT2D eigenvalue weighted by Gasteiger charge is -2.44. The first-order valence-electron chi connectivity index (χ1n) is 8.65. The van der Waals surface area contributed by atoms with E-state index < -0.39 is 73.6 Å². The second-order valence-corrected chi connectivity index (χ2v) is 6.09. The molecule has 0 aliphatic carbocycles. The second-order valence-electron chi connectivity index (χ2n) is 6.09. The molecule has 1 aliphatic heterocycles. The van der Waals surface area contributed by atoms with E-state index in [0.29, 0.717) is 0 Å². The van der Waals surface area contributed by atoms with Crippen LogP contribution in [0.25, 0.3) is 10.4 Å². The third kappa shape index (κ3) is 7.93. The van der Waals surface area contributed by atoms with Crippen molar-refractivity contribution in [3.63, 3.8) is 0 Å². The lowest BCUT2D eigenvalue weighted by molar-refractivity contribution is -0.271. The Morgan fingerprint density at radius 2 is 1.50 bits per heavy atom. The van der Waals surface area contributed by atoms with Crippen molar-refractivity contribution in [2.24, 2.45) is 5.11 Å². The van der Waals surface area contributed by atoms with Crippen molar-refractivity contribution < 1.29 is 47.7 Å². The molecular formula is C16H22N4O10. The van der Waals surface area contributed by atoms with Crippen molar-refractivity contribution >= 4 is 29.8 Å². The molecule has 1 fully saturated rings. The van der Waals surface area contributed by atoms with E-state index in [1.165, 1.54) is 0 Å². The van der Waals surface area contributed by atoms with Gasteiger partial charge >= 0.3 is 23.9 Å². The highest BCUT2D eigenvalue weighted by Crippen LogP contribution is 2.28. The van der Waals surface area contributed by atoms with Gasteiger partial charge in [0.05, 0.1) is 0 Å². The fourth-order valence-electron chi connectivity index (χ4n) is 2.65. The molecule has 1 aliphatic rings. The molecule has 1 saturated heterocycles. The van der Waals surface area contributed by atoms with Gasteiger partial charge in [-0.2, -0.15) is 0 Å². The first-order valence-corrected chi connectivity index (χ1v) is 8.65. The molecule has 1 amide bonds. The van der Waals surface area contributed by atoms with Gasteiger partial charge in [-0.05, 0) is 5.53 Å². The minimum atomic E-state index is -1.51. The highest BCUT2D eigenvalue weighted by Gasteiger charge is 2.52. The molecule has 0 radical (unpaired) electrons. The number of rotatable bonds is 8. The van der Waals surface area contributed by atoms with E-state index in [4.69, 9.17) is 29.2 Å². The van der Waals surface area contributed by atoms with Crippen LogP contribution in [0.5, 0.6) is 0 Å². The Balaban J connectivity index is 3.33. The molecule has 1 heterocycles. The van der Waals surface area contributed by atoms with E-state index in [-0.39, 0.29) is 0 Å². The second kappa shape index (κ2) is 11.6. The number of hydrogen-bond donors (Lipinski definition) is 1. The number of nitrogens with one attached hydrogen (secondary N) is 1. The Labute approximate surface area is 170 Å². The summed E-state index contributed by atoms with van der Waals surface area (Å²) in [6.45, 7) is 3.32. The summed E-state index contributed by atoms with van der Waals surface area (Å²) in [6, 6.07) is -1.34. The van der Waals surface area contributed by atoms with Crippen molar-refractivity contribution in [3.8, 4) is 0 Å². The average molecular weight is 430 g/mol. The number of carbonyl (C=O) groups excluding carboxylic acids is 5. The molecule has 14 heteroatoms. The molecule has 1 N–H and O–H groups in total. The zero-order valence-corrected chi connectivity index (χ0v) is 16.7. The number of hydrogen-bond acceptors (Lipinski definition) is 11. The summed E-state index contributed by atoms with van der Waals surface area (Å²) in [5, 5.41) is 5.48. The summed E-state index contributed by atoms with van der Waals surface area (Å²) < 4.78 is 25.9. The van der Waals surface area contributed by atoms with Crippen LogP contribution in [0.2, 0.25) is 0 Å². The van der Waals surface area contributed by atoms with E-state index in [0.717, 1.165) is 27.7 Å². The summed E-state index contributed by atoms with van der Waals surface area (Å²) in [4.78, 5) is 60.5. The van der Waals surface area contributed by atoms with Crippen molar-refractivity contribution in [2.45, 2.75) is 58.3 Å². The molecule has 166 valence electrons. The summed E-state index contributed by atoms with van der Waals surface area (Å²) in [5.41, 5.74) is 8.36. The maximum Gasteiger partial charge on any atom is 0.305 e. The Bertz CT molecular complexity index is 736. The van der Waals surface area contributed by atoms with Gasteiger partial charge in [-0.1, -0.05) is 5.11 Å². The Hall–Kier alpha value is -3.38.